The van der Waals surface area contributed by atoms with Gasteiger partial charge in [-0.2, -0.15) is 0 Å². The minimum Gasteiger partial charge on any atom is -0.381 e. The molecular formula is C20H34N6O. The number of rotatable bonds is 5. The highest BCUT2D eigenvalue weighted by molar-refractivity contribution is 5.80. The zero-order valence-electron chi connectivity index (χ0n) is 17.0. The van der Waals surface area contributed by atoms with Gasteiger partial charge >= 0.3 is 0 Å². The van der Waals surface area contributed by atoms with E-state index >= 15 is 0 Å². The van der Waals surface area contributed by atoms with Crippen molar-refractivity contribution in [2.75, 3.05) is 71.5 Å². The SMILES string of the molecule is CCNC(=NCC1(N(C)C)CCOCC1)N1CCN(c2ccccn2)CC1. The first-order chi connectivity index (χ1) is 13.1. The summed E-state index contributed by atoms with van der Waals surface area (Å²) in [6.45, 7) is 9.34. The topological polar surface area (TPSA) is 56.2 Å². The van der Waals surface area contributed by atoms with Crippen molar-refractivity contribution in [1.82, 2.24) is 20.1 Å². The van der Waals surface area contributed by atoms with Gasteiger partial charge < -0.3 is 24.8 Å². The van der Waals surface area contributed by atoms with Crippen molar-refractivity contribution in [2.24, 2.45) is 4.99 Å². The van der Waals surface area contributed by atoms with E-state index in [0.717, 1.165) is 77.1 Å². The summed E-state index contributed by atoms with van der Waals surface area (Å²) in [4.78, 5) is 16.6. The van der Waals surface area contributed by atoms with Crippen molar-refractivity contribution in [3.8, 4) is 0 Å². The van der Waals surface area contributed by atoms with Crippen LogP contribution in [0.1, 0.15) is 19.8 Å². The standard InChI is InChI=1S/C20H34N6O/c1-4-21-19(23-17-20(24(2)3)8-15-27-16-9-20)26-13-11-25(12-14-26)18-7-5-6-10-22-18/h5-7,10H,4,8-9,11-17H2,1-3H3,(H,21,23). The van der Waals surface area contributed by atoms with Crippen molar-refractivity contribution in [3.05, 3.63) is 24.4 Å². The van der Waals surface area contributed by atoms with Crippen molar-refractivity contribution in [1.29, 1.82) is 0 Å². The Morgan fingerprint density at radius 2 is 1.96 bits per heavy atom. The molecule has 2 saturated heterocycles. The third kappa shape index (κ3) is 4.90. The molecule has 2 fully saturated rings. The van der Waals surface area contributed by atoms with E-state index in [9.17, 15) is 0 Å². The van der Waals surface area contributed by atoms with Crippen LogP contribution in [0.4, 0.5) is 5.82 Å². The molecule has 0 radical (unpaired) electrons. The molecule has 2 aliphatic rings. The molecule has 1 aromatic heterocycles. The molecule has 1 aromatic rings. The number of likely N-dealkylation sites (N-methyl/N-ethyl adjacent to an activating group) is 1. The van der Waals surface area contributed by atoms with Crippen LogP contribution in [0.5, 0.6) is 0 Å². The van der Waals surface area contributed by atoms with Gasteiger partial charge in [0.15, 0.2) is 5.96 Å². The van der Waals surface area contributed by atoms with E-state index in [1.807, 2.05) is 12.3 Å². The smallest absolute Gasteiger partial charge is 0.194 e. The monoisotopic (exact) mass is 374 g/mol. The number of aliphatic imine (C=N–C) groups is 1. The van der Waals surface area contributed by atoms with Crippen molar-refractivity contribution >= 4 is 11.8 Å². The lowest BCUT2D eigenvalue weighted by molar-refractivity contribution is -0.00264. The van der Waals surface area contributed by atoms with E-state index in [0.29, 0.717) is 0 Å². The lowest BCUT2D eigenvalue weighted by Crippen LogP contribution is -2.54. The minimum atomic E-state index is 0.106. The molecule has 27 heavy (non-hydrogen) atoms. The highest BCUT2D eigenvalue weighted by atomic mass is 16.5. The Morgan fingerprint density at radius 1 is 1.22 bits per heavy atom. The summed E-state index contributed by atoms with van der Waals surface area (Å²) in [5, 5.41) is 3.49. The van der Waals surface area contributed by atoms with Gasteiger partial charge in [0.25, 0.3) is 0 Å². The van der Waals surface area contributed by atoms with E-state index in [1.165, 1.54) is 0 Å². The van der Waals surface area contributed by atoms with Crippen LogP contribution in [0.3, 0.4) is 0 Å². The fourth-order valence-electron chi connectivity index (χ4n) is 3.83. The van der Waals surface area contributed by atoms with Crippen molar-refractivity contribution in [2.45, 2.75) is 25.3 Å². The fraction of sp³-hybridized carbons (Fsp3) is 0.700. The molecule has 3 rings (SSSR count). The van der Waals surface area contributed by atoms with Gasteiger partial charge in [0.05, 0.1) is 6.54 Å². The Kier molecular flexibility index (Phi) is 6.90. The molecule has 0 atom stereocenters. The maximum absolute atomic E-state index is 5.59. The van der Waals surface area contributed by atoms with Crippen LogP contribution in [0.25, 0.3) is 0 Å². The number of hydrogen-bond acceptors (Lipinski definition) is 5. The highest BCUT2D eigenvalue weighted by Crippen LogP contribution is 2.26. The van der Waals surface area contributed by atoms with E-state index < -0.39 is 0 Å². The molecule has 0 spiro atoms. The predicted octanol–water partition coefficient (Wildman–Crippen LogP) is 1.28. The van der Waals surface area contributed by atoms with Gasteiger partial charge in [-0.05, 0) is 46.0 Å². The lowest BCUT2D eigenvalue weighted by atomic mass is 9.89. The molecule has 0 amide bonds. The number of ether oxygens (including phenoxy) is 1. The van der Waals surface area contributed by atoms with Crippen LogP contribution in [-0.2, 0) is 4.74 Å². The molecule has 0 unspecified atom stereocenters. The van der Waals surface area contributed by atoms with E-state index in [4.69, 9.17) is 9.73 Å². The molecule has 2 aliphatic heterocycles. The Labute approximate surface area is 163 Å². The number of aromatic nitrogens is 1. The Hall–Kier alpha value is -1.86. The normalized spacial score (nSPS) is 20.8. The van der Waals surface area contributed by atoms with Crippen LogP contribution in [-0.4, -0.2) is 92.9 Å². The summed E-state index contributed by atoms with van der Waals surface area (Å²) in [6.07, 6.45) is 3.94. The molecule has 150 valence electrons. The molecule has 0 aromatic carbocycles. The summed E-state index contributed by atoms with van der Waals surface area (Å²) in [6, 6.07) is 6.10. The third-order valence-corrected chi connectivity index (χ3v) is 5.78. The summed E-state index contributed by atoms with van der Waals surface area (Å²) >= 11 is 0. The predicted molar refractivity (Wildman–Crippen MR) is 110 cm³/mol. The number of anilines is 1. The van der Waals surface area contributed by atoms with Crippen LogP contribution >= 0.6 is 0 Å². The number of nitrogens with one attached hydrogen (secondary N) is 1. The quantitative estimate of drug-likeness (QED) is 0.619. The maximum Gasteiger partial charge on any atom is 0.194 e. The second-order valence-corrected chi connectivity index (χ2v) is 7.56. The number of hydrogen-bond donors (Lipinski definition) is 1. The molecule has 7 nitrogen and oxygen atoms in total. The lowest BCUT2D eigenvalue weighted by Gasteiger charge is -2.42. The first-order valence-corrected chi connectivity index (χ1v) is 10.1. The number of guanidine groups is 1. The van der Waals surface area contributed by atoms with Crippen LogP contribution in [0, 0.1) is 0 Å². The first-order valence-electron chi connectivity index (χ1n) is 10.1. The maximum atomic E-state index is 5.59. The van der Waals surface area contributed by atoms with Gasteiger partial charge in [-0.1, -0.05) is 6.07 Å². The van der Waals surface area contributed by atoms with Gasteiger partial charge in [0.1, 0.15) is 5.82 Å². The zero-order chi connectivity index (χ0) is 19.1. The van der Waals surface area contributed by atoms with Gasteiger partial charge in [-0.15, -0.1) is 0 Å². The molecule has 0 saturated carbocycles. The summed E-state index contributed by atoms with van der Waals surface area (Å²) < 4.78 is 5.59. The molecule has 0 aliphatic carbocycles. The minimum absolute atomic E-state index is 0.106. The average Bonchev–Trinajstić information content (AvgIpc) is 2.72. The molecule has 0 bridgehead atoms. The third-order valence-electron chi connectivity index (χ3n) is 5.78. The van der Waals surface area contributed by atoms with E-state index in [1.54, 1.807) is 0 Å². The van der Waals surface area contributed by atoms with Gasteiger partial charge in [0.2, 0.25) is 0 Å². The van der Waals surface area contributed by atoms with Crippen molar-refractivity contribution in [3.63, 3.8) is 0 Å². The molecular weight excluding hydrogens is 340 g/mol. The highest BCUT2D eigenvalue weighted by Gasteiger charge is 2.35. The summed E-state index contributed by atoms with van der Waals surface area (Å²) in [7, 11) is 4.33. The van der Waals surface area contributed by atoms with Crippen LogP contribution < -0.4 is 10.2 Å². The molecule has 3 heterocycles. The molecule has 7 heteroatoms. The first kappa shape index (κ1) is 19.9. The van der Waals surface area contributed by atoms with Gasteiger partial charge in [-0.25, -0.2) is 4.98 Å². The molecule has 1 N–H and O–H groups in total. The van der Waals surface area contributed by atoms with Crippen LogP contribution in [0.15, 0.2) is 29.4 Å². The second kappa shape index (κ2) is 9.37. The Balaban J connectivity index is 1.64. The second-order valence-electron chi connectivity index (χ2n) is 7.56. The number of nitrogens with zero attached hydrogens (tertiary/aromatic N) is 5. The van der Waals surface area contributed by atoms with Gasteiger partial charge in [-0.3, -0.25) is 4.99 Å². The van der Waals surface area contributed by atoms with E-state index in [-0.39, 0.29) is 5.54 Å². The Morgan fingerprint density at radius 3 is 2.56 bits per heavy atom. The van der Waals surface area contributed by atoms with Gasteiger partial charge in [0, 0.05) is 57.7 Å². The average molecular weight is 375 g/mol. The Bertz CT molecular complexity index is 592. The summed E-state index contributed by atoms with van der Waals surface area (Å²) in [5.41, 5.74) is 0.106. The number of pyridine rings is 1. The zero-order valence-corrected chi connectivity index (χ0v) is 17.0. The van der Waals surface area contributed by atoms with E-state index in [2.05, 4.69) is 58.2 Å². The fourth-order valence-corrected chi connectivity index (χ4v) is 3.83. The number of piperazine rings is 1. The van der Waals surface area contributed by atoms with Crippen LogP contribution in [0.2, 0.25) is 0 Å². The summed E-state index contributed by atoms with van der Waals surface area (Å²) in [5.74, 6) is 2.10. The van der Waals surface area contributed by atoms with Crippen molar-refractivity contribution < 1.29 is 4.74 Å². The largest absolute Gasteiger partial charge is 0.381 e.